The third-order valence-electron chi connectivity index (χ3n) is 0.116. The molecule has 0 fully saturated rings. The SMILES string of the molecule is OOOC(Cl)Cl. The molecular weight excluding hydrogens is 131 g/mol. The summed E-state index contributed by atoms with van der Waals surface area (Å²) in [5.74, 6) is 0. The number of hydrogen-bond acceptors (Lipinski definition) is 3. The molecule has 0 saturated carbocycles. The molecule has 6 heavy (non-hydrogen) atoms. The predicted molar refractivity (Wildman–Crippen MR) is 20.3 cm³/mol. The highest BCUT2D eigenvalue weighted by molar-refractivity contribution is 6.43. The van der Waals surface area contributed by atoms with Crippen LogP contribution in [0.5, 0.6) is 0 Å². The largest absolute Gasteiger partial charge is 0.242 e. The van der Waals surface area contributed by atoms with Crippen molar-refractivity contribution in [2.45, 2.75) is 5.02 Å². The summed E-state index contributed by atoms with van der Waals surface area (Å²) in [6.45, 7) is 0. The van der Waals surface area contributed by atoms with Gasteiger partial charge < -0.3 is 0 Å². The Labute approximate surface area is 44.2 Å². The predicted octanol–water partition coefficient (Wildman–Crippen LogP) is 1.17. The molecule has 0 heterocycles. The normalized spacial score (nSPS) is 10.0. The van der Waals surface area contributed by atoms with Gasteiger partial charge in [-0.15, -0.1) is 0 Å². The van der Waals surface area contributed by atoms with Crippen molar-refractivity contribution in [3.63, 3.8) is 0 Å². The van der Waals surface area contributed by atoms with E-state index in [0.717, 1.165) is 0 Å². The minimum atomic E-state index is -1.13. The highest BCUT2D eigenvalue weighted by Crippen LogP contribution is 2.01. The molecule has 3 nitrogen and oxygen atoms in total. The van der Waals surface area contributed by atoms with E-state index in [1.165, 1.54) is 0 Å². The van der Waals surface area contributed by atoms with Gasteiger partial charge in [0.05, 0.1) is 0 Å². The van der Waals surface area contributed by atoms with E-state index in [9.17, 15) is 0 Å². The summed E-state index contributed by atoms with van der Waals surface area (Å²) in [5.41, 5.74) is 0. The van der Waals surface area contributed by atoms with Gasteiger partial charge in [0.2, 0.25) is 5.02 Å². The fourth-order valence-corrected chi connectivity index (χ4v) is 0.0976. The van der Waals surface area contributed by atoms with Crippen LogP contribution in [0.3, 0.4) is 0 Å². The van der Waals surface area contributed by atoms with Crippen molar-refractivity contribution in [3.05, 3.63) is 0 Å². The Balaban J connectivity index is 2.63. The van der Waals surface area contributed by atoms with Crippen LogP contribution in [0, 0.1) is 0 Å². The van der Waals surface area contributed by atoms with Crippen LogP contribution in [-0.4, -0.2) is 10.3 Å². The maximum atomic E-state index is 7.35. The molecule has 0 spiro atoms. The smallest absolute Gasteiger partial charge is 0.221 e. The van der Waals surface area contributed by atoms with E-state index in [1.807, 2.05) is 0 Å². The molecule has 0 radical (unpaired) electrons. The van der Waals surface area contributed by atoms with Crippen LogP contribution in [0.25, 0.3) is 0 Å². The molecule has 0 aliphatic heterocycles. The van der Waals surface area contributed by atoms with E-state index >= 15 is 0 Å². The Kier molecular flexibility index (Phi) is 3.92. The van der Waals surface area contributed by atoms with Crippen molar-refractivity contribution in [3.8, 4) is 0 Å². The summed E-state index contributed by atoms with van der Waals surface area (Å²) >= 11 is 9.67. The molecule has 5 heteroatoms. The third-order valence-corrected chi connectivity index (χ3v) is 0.261. The standard InChI is InChI=1S/CH2Cl2O3/c2-1(3)5-6-4/h1,4H. The average molecular weight is 133 g/mol. The summed E-state index contributed by atoms with van der Waals surface area (Å²) in [7, 11) is 0. The highest BCUT2D eigenvalue weighted by Gasteiger charge is 1.93. The minimum Gasteiger partial charge on any atom is -0.221 e. The monoisotopic (exact) mass is 132 g/mol. The summed E-state index contributed by atoms with van der Waals surface area (Å²) < 4.78 is 0. The lowest BCUT2D eigenvalue weighted by atomic mass is 11.7. The molecule has 0 atom stereocenters. The van der Waals surface area contributed by atoms with Gasteiger partial charge in [0, 0.05) is 0 Å². The maximum Gasteiger partial charge on any atom is 0.242 e. The molecule has 0 bridgehead atoms. The summed E-state index contributed by atoms with van der Waals surface area (Å²) in [4.78, 5) is 3.63. The molecule has 0 amide bonds. The Hall–Kier alpha value is 0.460. The second kappa shape index (κ2) is 3.64. The number of alkyl halides is 2. The topological polar surface area (TPSA) is 38.7 Å². The van der Waals surface area contributed by atoms with Crippen LogP contribution < -0.4 is 0 Å². The number of halogens is 2. The second-order valence-electron chi connectivity index (χ2n) is 0.431. The molecule has 0 aromatic heterocycles. The van der Waals surface area contributed by atoms with Crippen molar-refractivity contribution in [1.82, 2.24) is 0 Å². The number of rotatable bonds is 2. The molecular formula is CH2Cl2O3. The summed E-state index contributed by atoms with van der Waals surface area (Å²) in [6, 6.07) is 0. The van der Waals surface area contributed by atoms with E-state index < -0.39 is 5.02 Å². The van der Waals surface area contributed by atoms with E-state index in [2.05, 4.69) is 9.93 Å². The van der Waals surface area contributed by atoms with Crippen molar-refractivity contribution in [2.75, 3.05) is 0 Å². The van der Waals surface area contributed by atoms with Gasteiger partial charge in [0.25, 0.3) is 0 Å². The summed E-state index contributed by atoms with van der Waals surface area (Å²) in [5, 5.41) is 9.26. The van der Waals surface area contributed by atoms with E-state index in [4.69, 9.17) is 28.5 Å². The lowest BCUT2D eigenvalue weighted by Gasteiger charge is -1.91. The molecule has 38 valence electrons. The van der Waals surface area contributed by atoms with Gasteiger partial charge >= 0.3 is 0 Å². The lowest BCUT2D eigenvalue weighted by molar-refractivity contribution is -0.489. The second-order valence-corrected chi connectivity index (χ2v) is 1.45. The molecule has 0 aromatic rings. The van der Waals surface area contributed by atoms with Gasteiger partial charge in [-0.3, -0.25) is 0 Å². The van der Waals surface area contributed by atoms with Crippen LogP contribution in [0.4, 0.5) is 0 Å². The fraction of sp³-hybridized carbons (Fsp3) is 1.00. The first-order valence-electron chi connectivity index (χ1n) is 1.02. The van der Waals surface area contributed by atoms with Crippen molar-refractivity contribution >= 4 is 23.2 Å². The zero-order chi connectivity index (χ0) is 4.99. The van der Waals surface area contributed by atoms with Crippen LogP contribution in [-0.2, 0) is 9.93 Å². The summed E-state index contributed by atoms with van der Waals surface area (Å²) in [6.07, 6.45) is 0. The molecule has 0 rings (SSSR count). The molecule has 0 aliphatic rings. The van der Waals surface area contributed by atoms with Crippen LogP contribution >= 0.6 is 23.2 Å². The van der Waals surface area contributed by atoms with E-state index in [1.54, 1.807) is 0 Å². The van der Waals surface area contributed by atoms with Gasteiger partial charge in [-0.2, -0.15) is 4.89 Å². The van der Waals surface area contributed by atoms with Gasteiger partial charge in [0.15, 0.2) is 0 Å². The first kappa shape index (κ1) is 6.46. The zero-order valence-corrected chi connectivity index (χ0v) is 4.11. The molecule has 0 unspecified atom stereocenters. The Bertz CT molecular complexity index is 30.0. The Morgan fingerprint density at radius 2 is 2.00 bits per heavy atom. The van der Waals surface area contributed by atoms with Crippen molar-refractivity contribution < 1.29 is 15.2 Å². The fourth-order valence-electron chi connectivity index (χ4n) is 0.0325. The maximum absolute atomic E-state index is 7.35. The van der Waals surface area contributed by atoms with Gasteiger partial charge in [-0.1, -0.05) is 28.2 Å². The lowest BCUT2D eigenvalue weighted by Crippen LogP contribution is -1.92. The first-order valence-corrected chi connectivity index (χ1v) is 1.89. The van der Waals surface area contributed by atoms with Gasteiger partial charge in [-0.25, -0.2) is 5.26 Å². The Morgan fingerprint density at radius 3 is 2.00 bits per heavy atom. The van der Waals surface area contributed by atoms with Crippen LogP contribution in [0.15, 0.2) is 0 Å². The van der Waals surface area contributed by atoms with Crippen LogP contribution in [0.2, 0.25) is 0 Å². The first-order chi connectivity index (χ1) is 2.77. The quantitative estimate of drug-likeness (QED) is 0.349. The van der Waals surface area contributed by atoms with Gasteiger partial charge in [-0.05, 0) is 0 Å². The van der Waals surface area contributed by atoms with Crippen molar-refractivity contribution in [1.29, 1.82) is 0 Å². The Morgan fingerprint density at radius 1 is 1.50 bits per heavy atom. The van der Waals surface area contributed by atoms with Crippen molar-refractivity contribution in [2.24, 2.45) is 0 Å². The van der Waals surface area contributed by atoms with E-state index in [0.29, 0.717) is 0 Å². The van der Waals surface area contributed by atoms with E-state index in [-0.39, 0.29) is 0 Å². The zero-order valence-electron chi connectivity index (χ0n) is 2.60. The average Bonchev–Trinajstić information content (AvgIpc) is 1.35. The van der Waals surface area contributed by atoms with Crippen LogP contribution in [0.1, 0.15) is 0 Å². The molecule has 1 N–H and O–H groups in total. The highest BCUT2D eigenvalue weighted by atomic mass is 35.5. The molecule has 0 aromatic carbocycles. The molecule has 0 aliphatic carbocycles. The third kappa shape index (κ3) is 4.46. The molecule has 0 saturated heterocycles. The van der Waals surface area contributed by atoms with Gasteiger partial charge in [0.1, 0.15) is 0 Å². The minimum absolute atomic E-state index is 1.13. The number of hydrogen-bond donors (Lipinski definition) is 1.